The number of unbranched alkanes of at least 4 members (excludes halogenated alkanes) is 3. The number of nitrogens with two attached hydrogens (primary N) is 2. The molecule has 0 radical (unpaired) electrons. The quantitative estimate of drug-likeness (QED) is 0.0132. The second-order valence-electron chi connectivity index (χ2n) is 24.3. The van der Waals surface area contributed by atoms with Crippen LogP contribution < -0.4 is 70.0 Å². The average Bonchev–Trinajstić information content (AvgIpc) is 0.939. The number of nitrogens with zero attached hydrogens (tertiary/aromatic N) is 2. The van der Waals surface area contributed by atoms with Crippen LogP contribution in [0.1, 0.15) is 131 Å². The molecular formula is C64H123N15O20. The molecule has 0 spiro atoms. The number of hydrogen-bond donors (Lipinski definition) is 15. The van der Waals surface area contributed by atoms with E-state index in [1.165, 1.54) is 0 Å². The van der Waals surface area contributed by atoms with Gasteiger partial charge in [0, 0.05) is 71.9 Å². The number of hydrogen-bond acceptors (Lipinski definition) is 26. The van der Waals surface area contributed by atoms with Crippen LogP contribution in [0.4, 0.5) is 0 Å². The van der Waals surface area contributed by atoms with Crippen LogP contribution in [-0.4, -0.2) is 289 Å². The third-order valence-electron chi connectivity index (χ3n) is 15.3. The van der Waals surface area contributed by atoms with Crippen LogP contribution in [0.3, 0.4) is 0 Å². The molecule has 99 heavy (non-hydrogen) atoms. The molecule has 0 aliphatic heterocycles. The Morgan fingerprint density at radius 1 is 0.374 bits per heavy atom. The minimum atomic E-state index is -0.888. The normalized spacial score (nSPS) is 12.9. The molecule has 0 aromatic heterocycles. The summed E-state index contributed by atoms with van der Waals surface area (Å²) in [5.41, 5.74) is 10.2. The SMILES string of the molecule is CN[C@@H](CCCCNC(=O)COCCOCCOCC(=O)NCCCOCCOCCOCCCNC(=O)COCCOCCOCC(=O)NCCCC[C@H](NC(=O)CCCC(=O)NC(CNC(C)(C)/C(C)=N\O)CNC(C)(C)/C(C)=N\O)C(=O)NCCCC[C@H](NC)C(N)=O)C(N)=O. The van der Waals surface area contributed by atoms with Crippen LogP contribution in [0.25, 0.3) is 0 Å². The summed E-state index contributed by atoms with van der Waals surface area (Å²) in [6, 6.07) is -2.20. The fourth-order valence-electron chi connectivity index (χ4n) is 8.64. The molecule has 35 nitrogen and oxygen atoms in total. The minimum Gasteiger partial charge on any atom is -0.411 e. The Labute approximate surface area is 584 Å². The largest absolute Gasteiger partial charge is 0.411 e. The molecule has 0 rings (SSSR count). The molecule has 0 saturated heterocycles. The Bertz CT molecular complexity index is 2260. The van der Waals surface area contributed by atoms with Gasteiger partial charge >= 0.3 is 0 Å². The molecule has 0 aliphatic carbocycles. The van der Waals surface area contributed by atoms with Crippen molar-refractivity contribution < 1.29 is 96.2 Å². The van der Waals surface area contributed by atoms with Gasteiger partial charge in [-0.1, -0.05) is 10.3 Å². The lowest BCUT2D eigenvalue weighted by molar-refractivity contribution is -0.129. The summed E-state index contributed by atoms with van der Waals surface area (Å²) in [4.78, 5) is 111. The van der Waals surface area contributed by atoms with Gasteiger partial charge in [-0.25, -0.2) is 0 Å². The van der Waals surface area contributed by atoms with Crippen LogP contribution >= 0.6 is 0 Å². The molecule has 3 atom stereocenters. The predicted octanol–water partition coefficient (Wildman–Crippen LogP) is -2.27. The standard InChI is InChI=1S/C64H123N15O20/c1-48(78-89)63(3,4)74-42-50(43-75-64(5,6)49(2)79-90)76-54(80)21-15-22-55(81)77-53(62(88)73-25-14-10-19-52(68-8)61(66)87)20-11-13-24-70-57(83)45-97-39-35-95-37-41-99-47-59(85)72-27-17-29-92-31-33-93-32-30-91-28-16-26-71-58(84)46-98-40-36-94-34-38-96-44-56(82)69-23-12-9-18-51(67-7)60(65)86/h50-53,67-68,74-75,89-90H,9-47H2,1-8H3,(H2,65,86)(H2,66,87)(H,69,82)(H,70,83)(H,71,84)(H,72,85)(H,73,88)(H,76,80)(H,77,81)/b78-48-,79-49-/t51-,52-,53-/m0/s1. The average molecular weight is 1420 g/mol. The molecule has 9 amide bonds. The van der Waals surface area contributed by atoms with Crippen LogP contribution in [-0.2, 0) is 85.8 Å². The van der Waals surface area contributed by atoms with Crippen molar-refractivity contribution in [1.29, 1.82) is 0 Å². The van der Waals surface area contributed by atoms with Gasteiger partial charge in [0.25, 0.3) is 0 Å². The van der Waals surface area contributed by atoms with Crippen LogP contribution in [0.5, 0.6) is 0 Å². The third kappa shape index (κ3) is 53.2. The highest BCUT2D eigenvalue weighted by Crippen LogP contribution is 2.10. The van der Waals surface area contributed by atoms with E-state index in [4.69, 9.17) is 54.1 Å². The molecule has 0 fully saturated rings. The molecule has 17 N–H and O–H groups in total. The van der Waals surface area contributed by atoms with E-state index in [2.05, 4.69) is 68.8 Å². The molecule has 0 saturated carbocycles. The smallest absolute Gasteiger partial charge is 0.246 e. The molecule has 0 aromatic carbocycles. The van der Waals surface area contributed by atoms with E-state index in [0.717, 1.165) is 12.8 Å². The number of ether oxygens (including phenoxy) is 9. The summed E-state index contributed by atoms with van der Waals surface area (Å²) >= 11 is 0. The van der Waals surface area contributed by atoms with Crippen molar-refractivity contribution in [2.75, 3.05) is 179 Å². The molecule has 0 bridgehead atoms. The van der Waals surface area contributed by atoms with Gasteiger partial charge in [-0.2, -0.15) is 0 Å². The van der Waals surface area contributed by atoms with Crippen molar-refractivity contribution in [2.45, 2.75) is 167 Å². The van der Waals surface area contributed by atoms with Crippen molar-refractivity contribution >= 4 is 64.6 Å². The first-order valence-corrected chi connectivity index (χ1v) is 34.4. The van der Waals surface area contributed by atoms with Gasteiger partial charge in [-0.05, 0) is 133 Å². The van der Waals surface area contributed by atoms with E-state index in [1.54, 1.807) is 27.9 Å². The van der Waals surface area contributed by atoms with Crippen molar-refractivity contribution in [3.05, 3.63) is 0 Å². The second-order valence-corrected chi connectivity index (χ2v) is 24.3. The van der Waals surface area contributed by atoms with Gasteiger partial charge in [0.1, 0.15) is 32.5 Å². The predicted molar refractivity (Wildman–Crippen MR) is 369 cm³/mol. The molecule has 0 heterocycles. The Morgan fingerprint density at radius 3 is 0.990 bits per heavy atom. The summed E-state index contributed by atoms with van der Waals surface area (Å²) in [6.45, 7) is 16.8. The monoisotopic (exact) mass is 1420 g/mol. The van der Waals surface area contributed by atoms with Crippen molar-refractivity contribution in [3.63, 3.8) is 0 Å². The number of primary amides is 2. The van der Waals surface area contributed by atoms with Gasteiger partial charge < -0.3 is 123 Å². The molecule has 35 heteroatoms. The first-order valence-electron chi connectivity index (χ1n) is 34.4. The number of rotatable bonds is 68. The fraction of sp³-hybridized carbons (Fsp3) is 0.828. The lowest BCUT2D eigenvalue weighted by atomic mass is 9.98. The Morgan fingerprint density at radius 2 is 0.667 bits per heavy atom. The molecular weight excluding hydrogens is 1300 g/mol. The van der Waals surface area contributed by atoms with E-state index >= 15 is 0 Å². The van der Waals surface area contributed by atoms with Gasteiger partial charge in [0.05, 0.1) is 120 Å². The summed E-state index contributed by atoms with van der Waals surface area (Å²) in [7, 11) is 3.32. The molecule has 574 valence electrons. The number of nitrogens with one attached hydrogen (secondary N) is 11. The van der Waals surface area contributed by atoms with Gasteiger partial charge in [-0.3, -0.25) is 43.2 Å². The number of amides is 9. The third-order valence-corrected chi connectivity index (χ3v) is 15.3. The first-order chi connectivity index (χ1) is 47.4. The lowest BCUT2D eigenvalue weighted by Gasteiger charge is -2.32. The van der Waals surface area contributed by atoms with Crippen molar-refractivity contribution in [2.24, 2.45) is 21.8 Å². The Hall–Kier alpha value is -6.35. The number of oxime groups is 2. The van der Waals surface area contributed by atoms with Crippen molar-refractivity contribution in [3.8, 4) is 0 Å². The summed E-state index contributed by atoms with van der Waals surface area (Å²) < 4.78 is 48.9. The van der Waals surface area contributed by atoms with E-state index in [1.807, 2.05) is 27.7 Å². The van der Waals surface area contributed by atoms with Crippen LogP contribution in [0.2, 0.25) is 0 Å². The van der Waals surface area contributed by atoms with Crippen LogP contribution in [0, 0.1) is 0 Å². The minimum absolute atomic E-state index is 0.0148. The van der Waals surface area contributed by atoms with Crippen molar-refractivity contribution in [1.82, 2.24) is 58.5 Å². The molecule has 0 unspecified atom stereocenters. The van der Waals surface area contributed by atoms with Gasteiger partial charge in [-0.15, -0.1) is 0 Å². The maximum Gasteiger partial charge on any atom is 0.246 e. The number of likely N-dealkylation sites (N-methyl/N-ethyl adjacent to an activating group) is 2. The lowest BCUT2D eigenvalue weighted by Crippen LogP contribution is -2.57. The van der Waals surface area contributed by atoms with Crippen LogP contribution in [0.15, 0.2) is 10.3 Å². The number of carbonyl (C=O) groups excluding carboxylic acids is 9. The second kappa shape index (κ2) is 60.4. The van der Waals surface area contributed by atoms with E-state index in [0.29, 0.717) is 135 Å². The highest BCUT2D eigenvalue weighted by molar-refractivity contribution is 5.91. The zero-order valence-electron chi connectivity index (χ0n) is 60.2. The maximum absolute atomic E-state index is 13.4. The topological polar surface area (TPSA) is 486 Å². The summed E-state index contributed by atoms with van der Waals surface area (Å²) in [6.07, 6.45) is 6.38. The van der Waals surface area contributed by atoms with E-state index in [-0.39, 0.29) is 160 Å². The fourth-order valence-corrected chi connectivity index (χ4v) is 8.64. The number of carbonyl (C=O) groups is 9. The maximum atomic E-state index is 13.4. The highest BCUT2D eigenvalue weighted by Gasteiger charge is 2.28. The Kier molecular flexibility index (Phi) is 56.5. The van der Waals surface area contributed by atoms with E-state index < -0.39 is 46.9 Å². The Balaban J connectivity index is 4.21. The highest BCUT2D eigenvalue weighted by atomic mass is 16.6. The van der Waals surface area contributed by atoms with Gasteiger partial charge in [0.15, 0.2) is 0 Å². The van der Waals surface area contributed by atoms with Gasteiger partial charge in [0.2, 0.25) is 53.2 Å². The van der Waals surface area contributed by atoms with E-state index in [9.17, 15) is 53.6 Å². The zero-order chi connectivity index (χ0) is 73.8. The summed E-state index contributed by atoms with van der Waals surface area (Å²) in [5.74, 6) is -3.08. The molecule has 0 aromatic rings. The molecule has 0 aliphatic rings. The zero-order valence-corrected chi connectivity index (χ0v) is 60.2. The first kappa shape index (κ1) is 92.6. The summed E-state index contributed by atoms with van der Waals surface area (Å²) in [5, 5.41) is 57.3.